The summed E-state index contributed by atoms with van der Waals surface area (Å²) in [7, 11) is 1.37. The van der Waals surface area contributed by atoms with Crippen molar-refractivity contribution in [2.45, 2.75) is 0 Å². The van der Waals surface area contributed by atoms with Crippen molar-refractivity contribution in [1.29, 1.82) is 0 Å². The van der Waals surface area contributed by atoms with Crippen LogP contribution in [0.3, 0.4) is 0 Å². The van der Waals surface area contributed by atoms with Gasteiger partial charge in [-0.2, -0.15) is 0 Å². The van der Waals surface area contributed by atoms with Crippen LogP contribution in [0.25, 0.3) is 6.08 Å². The van der Waals surface area contributed by atoms with Crippen LogP contribution in [0.15, 0.2) is 24.3 Å². The molecule has 20 heavy (non-hydrogen) atoms. The maximum absolute atomic E-state index is 13.5. The molecule has 0 aliphatic heterocycles. The second-order valence-electron chi connectivity index (χ2n) is 4.00. The smallest absolute Gasteiger partial charge is 0.246 e. The van der Waals surface area contributed by atoms with Gasteiger partial charge in [0.2, 0.25) is 5.91 Å². The van der Waals surface area contributed by atoms with E-state index in [1.54, 1.807) is 6.07 Å². The molecule has 1 aromatic carbocycles. The molecule has 0 saturated carbocycles. The van der Waals surface area contributed by atoms with E-state index in [0.29, 0.717) is 5.56 Å². The summed E-state index contributed by atoms with van der Waals surface area (Å²) in [6.45, 7) is -0.0884. The number of aliphatic hydroxyl groups excluding tert-OH is 2. The third-order valence-electron chi connectivity index (χ3n) is 2.65. The standard InChI is InChI=1S/C14H18FNO4/c1-20-13-4-2-11(10-12(13)15)3-5-14(19)16(6-8-17)7-9-18/h2-5,10,17-18H,6-9H2,1H3/b5-3+. The van der Waals surface area contributed by atoms with Gasteiger partial charge in [0.05, 0.1) is 20.3 Å². The van der Waals surface area contributed by atoms with Crippen LogP contribution in [0.5, 0.6) is 5.75 Å². The number of aliphatic hydroxyl groups is 2. The maximum Gasteiger partial charge on any atom is 0.246 e. The lowest BCUT2D eigenvalue weighted by Crippen LogP contribution is -2.34. The zero-order valence-corrected chi connectivity index (χ0v) is 11.3. The average molecular weight is 283 g/mol. The van der Waals surface area contributed by atoms with Crippen LogP contribution in [0, 0.1) is 5.82 Å². The highest BCUT2D eigenvalue weighted by atomic mass is 19.1. The Morgan fingerprint density at radius 1 is 1.35 bits per heavy atom. The molecule has 0 saturated heterocycles. The van der Waals surface area contributed by atoms with Crippen LogP contribution in [-0.2, 0) is 4.79 Å². The lowest BCUT2D eigenvalue weighted by molar-refractivity contribution is -0.126. The van der Waals surface area contributed by atoms with Gasteiger partial charge in [0, 0.05) is 19.2 Å². The van der Waals surface area contributed by atoms with Gasteiger partial charge in [0.25, 0.3) is 0 Å². The minimum absolute atomic E-state index is 0.135. The zero-order chi connectivity index (χ0) is 15.0. The first kappa shape index (κ1) is 16.1. The number of rotatable bonds is 7. The Morgan fingerprint density at radius 2 is 2.00 bits per heavy atom. The molecular weight excluding hydrogens is 265 g/mol. The first-order chi connectivity index (χ1) is 9.62. The SMILES string of the molecule is COc1ccc(/C=C/C(=O)N(CCO)CCO)cc1F. The number of carbonyl (C=O) groups is 1. The number of benzene rings is 1. The van der Waals surface area contributed by atoms with E-state index in [9.17, 15) is 9.18 Å². The number of halogens is 1. The summed E-state index contributed by atoms with van der Waals surface area (Å²) in [5.41, 5.74) is 0.518. The molecule has 1 aromatic rings. The quantitative estimate of drug-likeness (QED) is 0.721. The molecule has 0 radical (unpaired) electrons. The molecule has 110 valence electrons. The predicted octanol–water partition coefficient (Wildman–Crippen LogP) is 0.661. The van der Waals surface area contributed by atoms with E-state index >= 15 is 0 Å². The number of hydrogen-bond donors (Lipinski definition) is 2. The van der Waals surface area contributed by atoms with E-state index < -0.39 is 5.82 Å². The number of ether oxygens (including phenoxy) is 1. The van der Waals surface area contributed by atoms with Crippen molar-refractivity contribution in [3.8, 4) is 5.75 Å². The lowest BCUT2D eigenvalue weighted by Gasteiger charge is -2.18. The van der Waals surface area contributed by atoms with E-state index in [2.05, 4.69) is 0 Å². The van der Waals surface area contributed by atoms with Crippen LogP contribution in [0.1, 0.15) is 5.56 Å². The zero-order valence-electron chi connectivity index (χ0n) is 11.3. The van der Waals surface area contributed by atoms with Gasteiger partial charge < -0.3 is 19.8 Å². The van der Waals surface area contributed by atoms with Crippen molar-refractivity contribution in [3.05, 3.63) is 35.7 Å². The Kier molecular flexibility index (Phi) is 6.69. The topological polar surface area (TPSA) is 70.0 Å². The highest BCUT2D eigenvalue weighted by Gasteiger charge is 2.09. The van der Waals surface area contributed by atoms with Gasteiger partial charge in [-0.1, -0.05) is 6.07 Å². The van der Waals surface area contributed by atoms with Gasteiger partial charge >= 0.3 is 0 Å². The molecule has 5 nitrogen and oxygen atoms in total. The summed E-state index contributed by atoms with van der Waals surface area (Å²) in [6.07, 6.45) is 2.74. The second kappa shape index (κ2) is 8.29. The number of methoxy groups -OCH3 is 1. The highest BCUT2D eigenvalue weighted by Crippen LogP contribution is 2.18. The van der Waals surface area contributed by atoms with Crippen molar-refractivity contribution in [1.82, 2.24) is 4.90 Å². The van der Waals surface area contributed by atoms with Crippen LogP contribution >= 0.6 is 0 Å². The molecule has 0 heterocycles. The van der Waals surface area contributed by atoms with Crippen molar-refractivity contribution >= 4 is 12.0 Å². The minimum Gasteiger partial charge on any atom is -0.494 e. The Balaban J connectivity index is 2.75. The summed E-state index contributed by atoms with van der Waals surface area (Å²) >= 11 is 0. The predicted molar refractivity (Wildman–Crippen MR) is 72.7 cm³/mol. The molecule has 0 unspecified atom stereocenters. The minimum atomic E-state index is -0.510. The van der Waals surface area contributed by atoms with Gasteiger partial charge in [-0.05, 0) is 23.8 Å². The number of hydrogen-bond acceptors (Lipinski definition) is 4. The van der Waals surface area contributed by atoms with Gasteiger partial charge in [-0.3, -0.25) is 4.79 Å². The molecular formula is C14H18FNO4. The van der Waals surface area contributed by atoms with Crippen molar-refractivity contribution in [3.63, 3.8) is 0 Å². The van der Waals surface area contributed by atoms with Crippen molar-refractivity contribution < 1.29 is 24.1 Å². The van der Waals surface area contributed by atoms with E-state index in [4.69, 9.17) is 14.9 Å². The van der Waals surface area contributed by atoms with E-state index in [-0.39, 0.29) is 38.0 Å². The van der Waals surface area contributed by atoms with Gasteiger partial charge in [-0.15, -0.1) is 0 Å². The molecule has 0 aromatic heterocycles. The molecule has 2 N–H and O–H groups in total. The Bertz CT molecular complexity index is 470. The number of amides is 1. The fourth-order valence-electron chi connectivity index (χ4n) is 1.63. The summed E-state index contributed by atoms with van der Waals surface area (Å²) in [5.74, 6) is -0.732. The summed E-state index contributed by atoms with van der Waals surface area (Å²) < 4.78 is 18.3. The lowest BCUT2D eigenvalue weighted by atomic mass is 10.2. The fourth-order valence-corrected chi connectivity index (χ4v) is 1.63. The molecule has 6 heteroatoms. The summed E-state index contributed by atoms with van der Waals surface area (Å²) in [6, 6.07) is 4.35. The Labute approximate surface area is 116 Å². The maximum atomic E-state index is 13.5. The van der Waals surface area contributed by atoms with Gasteiger partial charge in [-0.25, -0.2) is 4.39 Å². The van der Waals surface area contributed by atoms with Crippen LogP contribution in [0.2, 0.25) is 0 Å². The van der Waals surface area contributed by atoms with E-state index in [0.717, 1.165) is 0 Å². The molecule has 0 aliphatic rings. The van der Waals surface area contributed by atoms with Gasteiger partial charge in [0.1, 0.15) is 0 Å². The largest absolute Gasteiger partial charge is 0.494 e. The van der Waals surface area contributed by atoms with Gasteiger partial charge in [0.15, 0.2) is 11.6 Å². The second-order valence-corrected chi connectivity index (χ2v) is 4.00. The van der Waals surface area contributed by atoms with Crippen LogP contribution in [0.4, 0.5) is 4.39 Å². The van der Waals surface area contributed by atoms with Crippen molar-refractivity contribution in [2.24, 2.45) is 0 Å². The molecule has 1 rings (SSSR count). The van der Waals surface area contributed by atoms with Crippen LogP contribution < -0.4 is 4.74 Å². The molecule has 0 fully saturated rings. The molecule has 0 aliphatic carbocycles. The molecule has 0 bridgehead atoms. The Hall–Kier alpha value is -1.92. The first-order valence-electron chi connectivity index (χ1n) is 6.14. The molecule has 0 spiro atoms. The third-order valence-corrected chi connectivity index (χ3v) is 2.65. The normalized spacial score (nSPS) is 10.8. The number of carbonyl (C=O) groups excluding carboxylic acids is 1. The average Bonchev–Trinajstić information content (AvgIpc) is 2.44. The van der Waals surface area contributed by atoms with E-state index in [1.807, 2.05) is 0 Å². The van der Waals surface area contributed by atoms with E-state index in [1.165, 1.54) is 36.3 Å². The first-order valence-corrected chi connectivity index (χ1v) is 6.14. The monoisotopic (exact) mass is 283 g/mol. The highest BCUT2D eigenvalue weighted by molar-refractivity contribution is 5.91. The van der Waals surface area contributed by atoms with Crippen LogP contribution in [-0.4, -0.2) is 54.4 Å². The summed E-state index contributed by atoms with van der Waals surface area (Å²) in [5, 5.41) is 17.7. The third kappa shape index (κ3) is 4.64. The van der Waals surface area contributed by atoms with Crippen molar-refractivity contribution in [2.75, 3.05) is 33.4 Å². The molecule has 0 atom stereocenters. The molecule has 1 amide bonds. The fraction of sp³-hybridized carbons (Fsp3) is 0.357. The summed E-state index contributed by atoms with van der Waals surface area (Å²) in [4.78, 5) is 13.1. The number of nitrogens with zero attached hydrogens (tertiary/aromatic N) is 1. The Morgan fingerprint density at radius 3 is 2.50 bits per heavy atom.